The first-order chi connectivity index (χ1) is 8.99. The number of aliphatic hydroxyl groups excluding tert-OH is 3. The van der Waals surface area contributed by atoms with Crippen molar-refractivity contribution < 1.29 is 53.6 Å². The second-order valence-corrected chi connectivity index (χ2v) is 4.18. The molecule has 0 amide bonds. The molecule has 3 N–H and O–H groups in total. The second-order valence-electron chi connectivity index (χ2n) is 4.18. The number of carbonyl (C=O) groups is 1. The van der Waals surface area contributed by atoms with Gasteiger partial charge in [0.1, 0.15) is 24.1 Å². The van der Waals surface area contributed by atoms with Gasteiger partial charge in [0.2, 0.25) is 6.29 Å². The van der Waals surface area contributed by atoms with Crippen molar-refractivity contribution in [3.63, 3.8) is 0 Å². The molecule has 104 valence electrons. The second kappa shape index (κ2) is 7.08. The molecule has 0 saturated carbocycles. The number of hydrogen-bond donors (Lipinski definition) is 3. The Bertz CT molecular complexity index is 450. The standard InChI is InChI=1S/C12H14O7.Li/c13-8-5-18-12(10(15)9(8)14)19-7-3-1-6(2-4-7)11(16)17;/h1-4,8-10,12-15H,5H2,(H,16,17);/q;+1/p-1/t8-,9+,10-,12+;/m1./s1. The number of aliphatic hydroxyl groups is 3. The Hall–Kier alpha value is -1.07. The van der Waals surface area contributed by atoms with Crippen molar-refractivity contribution in [3.05, 3.63) is 29.8 Å². The molecular weight excluding hydrogens is 263 g/mol. The van der Waals surface area contributed by atoms with Crippen molar-refractivity contribution in [3.8, 4) is 5.75 Å². The molecule has 1 heterocycles. The van der Waals surface area contributed by atoms with Gasteiger partial charge in [-0.3, -0.25) is 0 Å². The van der Waals surface area contributed by atoms with E-state index in [0.717, 1.165) is 0 Å². The van der Waals surface area contributed by atoms with Gasteiger partial charge in [-0.25, -0.2) is 0 Å². The summed E-state index contributed by atoms with van der Waals surface area (Å²) in [6.07, 6.45) is -5.06. The van der Waals surface area contributed by atoms with Crippen LogP contribution in [0.4, 0.5) is 0 Å². The van der Waals surface area contributed by atoms with Crippen LogP contribution in [0.3, 0.4) is 0 Å². The largest absolute Gasteiger partial charge is 1.00 e. The van der Waals surface area contributed by atoms with Crippen LogP contribution in [0.15, 0.2) is 24.3 Å². The van der Waals surface area contributed by atoms with E-state index in [-0.39, 0.29) is 36.8 Å². The van der Waals surface area contributed by atoms with E-state index in [9.17, 15) is 25.2 Å². The van der Waals surface area contributed by atoms with Gasteiger partial charge in [0.15, 0.2) is 0 Å². The van der Waals surface area contributed by atoms with Gasteiger partial charge in [-0.2, -0.15) is 0 Å². The molecular formula is C12H13LiO7. The fraction of sp³-hybridized carbons (Fsp3) is 0.417. The molecule has 1 aliphatic heterocycles. The summed E-state index contributed by atoms with van der Waals surface area (Å²) in [7, 11) is 0. The van der Waals surface area contributed by atoms with Crippen LogP contribution in [0.2, 0.25) is 0 Å². The van der Waals surface area contributed by atoms with E-state index in [1.165, 1.54) is 24.3 Å². The molecule has 0 spiro atoms. The summed E-state index contributed by atoms with van der Waals surface area (Å²) in [6, 6.07) is 5.31. The fourth-order valence-electron chi connectivity index (χ4n) is 1.69. The fourth-order valence-corrected chi connectivity index (χ4v) is 1.69. The monoisotopic (exact) mass is 276 g/mol. The first-order valence-corrected chi connectivity index (χ1v) is 5.63. The zero-order valence-corrected chi connectivity index (χ0v) is 10.8. The van der Waals surface area contributed by atoms with Crippen molar-refractivity contribution in [1.29, 1.82) is 0 Å². The molecule has 8 heteroatoms. The van der Waals surface area contributed by atoms with Crippen LogP contribution in [0, 0.1) is 0 Å². The Morgan fingerprint density at radius 1 is 1.20 bits per heavy atom. The summed E-state index contributed by atoms with van der Waals surface area (Å²) in [5.41, 5.74) is -0.00656. The molecule has 1 saturated heterocycles. The number of carbonyl (C=O) groups excluding carboxylic acids is 1. The summed E-state index contributed by atoms with van der Waals surface area (Å²) in [4.78, 5) is 10.6. The van der Waals surface area contributed by atoms with Gasteiger partial charge in [0.25, 0.3) is 0 Å². The molecule has 20 heavy (non-hydrogen) atoms. The Kier molecular flexibility index (Phi) is 6.01. The van der Waals surface area contributed by atoms with Gasteiger partial charge in [0.05, 0.1) is 12.6 Å². The molecule has 7 nitrogen and oxygen atoms in total. The maximum absolute atomic E-state index is 10.6. The molecule has 1 aromatic rings. The third-order valence-electron chi connectivity index (χ3n) is 2.80. The van der Waals surface area contributed by atoms with Gasteiger partial charge < -0.3 is 34.7 Å². The summed E-state index contributed by atoms with van der Waals surface area (Å²) >= 11 is 0. The summed E-state index contributed by atoms with van der Waals surface area (Å²) in [6.45, 7) is -0.167. The number of benzene rings is 1. The molecule has 2 rings (SSSR count). The molecule has 0 aromatic heterocycles. The number of ether oxygens (including phenoxy) is 2. The van der Waals surface area contributed by atoms with Crippen LogP contribution in [0.1, 0.15) is 10.4 Å². The van der Waals surface area contributed by atoms with Crippen molar-refractivity contribution in [2.24, 2.45) is 0 Å². The summed E-state index contributed by atoms with van der Waals surface area (Å²) in [5, 5.41) is 38.9. The van der Waals surface area contributed by atoms with Gasteiger partial charge >= 0.3 is 18.9 Å². The SMILES string of the molecule is O=C([O-])c1ccc(O[C@@H]2OC[C@@H](O)[C@H](O)[C@H]2O)cc1.[Li+]. The van der Waals surface area contributed by atoms with Crippen LogP contribution in [-0.4, -0.2) is 52.5 Å². The van der Waals surface area contributed by atoms with Gasteiger partial charge in [0, 0.05) is 0 Å². The van der Waals surface area contributed by atoms with E-state index < -0.39 is 30.6 Å². The predicted molar refractivity (Wildman–Crippen MR) is 59.2 cm³/mol. The topological polar surface area (TPSA) is 119 Å². The average molecular weight is 276 g/mol. The molecule has 0 radical (unpaired) electrons. The number of aromatic carboxylic acids is 1. The normalized spacial score (nSPS) is 29.4. The van der Waals surface area contributed by atoms with Gasteiger partial charge in [-0.15, -0.1) is 0 Å². The minimum Gasteiger partial charge on any atom is -0.545 e. The van der Waals surface area contributed by atoms with Crippen molar-refractivity contribution in [2.75, 3.05) is 6.61 Å². The van der Waals surface area contributed by atoms with Crippen LogP contribution < -0.4 is 28.7 Å². The molecule has 0 aliphatic carbocycles. The van der Waals surface area contributed by atoms with E-state index in [0.29, 0.717) is 0 Å². The maximum Gasteiger partial charge on any atom is 1.00 e. The third kappa shape index (κ3) is 3.73. The number of rotatable bonds is 3. The number of hydrogen-bond acceptors (Lipinski definition) is 7. The van der Waals surface area contributed by atoms with Crippen LogP contribution in [0.25, 0.3) is 0 Å². The first-order valence-electron chi connectivity index (χ1n) is 5.63. The summed E-state index contributed by atoms with van der Waals surface area (Å²) < 4.78 is 10.3. The van der Waals surface area contributed by atoms with Crippen molar-refractivity contribution in [2.45, 2.75) is 24.6 Å². The molecule has 1 aromatic carbocycles. The molecule has 0 unspecified atom stereocenters. The quantitative estimate of drug-likeness (QED) is 0.472. The Morgan fingerprint density at radius 2 is 1.80 bits per heavy atom. The molecule has 1 fully saturated rings. The van der Waals surface area contributed by atoms with Crippen LogP contribution >= 0.6 is 0 Å². The minimum atomic E-state index is -1.40. The third-order valence-corrected chi connectivity index (χ3v) is 2.80. The molecule has 1 aliphatic rings. The van der Waals surface area contributed by atoms with E-state index in [1.54, 1.807) is 0 Å². The van der Waals surface area contributed by atoms with Crippen molar-refractivity contribution in [1.82, 2.24) is 0 Å². The average Bonchev–Trinajstić information content (AvgIpc) is 2.40. The number of carboxylic acid groups (broad SMARTS) is 1. The van der Waals surface area contributed by atoms with E-state index >= 15 is 0 Å². The molecule has 0 bridgehead atoms. The van der Waals surface area contributed by atoms with Crippen LogP contribution in [-0.2, 0) is 4.74 Å². The smallest absolute Gasteiger partial charge is 0.545 e. The Balaban J connectivity index is 0.00000200. The van der Waals surface area contributed by atoms with Gasteiger partial charge in [-0.05, 0) is 29.8 Å². The number of carboxylic acids is 1. The Morgan fingerprint density at radius 3 is 2.35 bits per heavy atom. The van der Waals surface area contributed by atoms with Crippen LogP contribution in [0.5, 0.6) is 5.75 Å². The molecule has 4 atom stereocenters. The Labute approximate surface area is 126 Å². The first kappa shape index (κ1) is 17.0. The zero-order chi connectivity index (χ0) is 14.0. The van der Waals surface area contributed by atoms with Crippen molar-refractivity contribution >= 4 is 5.97 Å². The van der Waals surface area contributed by atoms with E-state index in [2.05, 4.69) is 0 Å². The van der Waals surface area contributed by atoms with E-state index in [1.807, 2.05) is 0 Å². The zero-order valence-electron chi connectivity index (χ0n) is 10.8. The maximum atomic E-state index is 10.6. The predicted octanol–water partition coefficient (Wildman–Crippen LogP) is -5.13. The minimum absolute atomic E-state index is 0. The van der Waals surface area contributed by atoms with E-state index in [4.69, 9.17) is 9.47 Å². The van der Waals surface area contributed by atoms with Gasteiger partial charge in [-0.1, -0.05) is 0 Å². The summed E-state index contributed by atoms with van der Waals surface area (Å²) in [5.74, 6) is -1.04.